The lowest BCUT2D eigenvalue weighted by Gasteiger charge is -2.08. The van der Waals surface area contributed by atoms with E-state index >= 15 is 0 Å². The van der Waals surface area contributed by atoms with Crippen LogP contribution in [0.15, 0.2) is 42.7 Å². The van der Waals surface area contributed by atoms with Crippen LogP contribution in [0.5, 0.6) is 0 Å². The summed E-state index contributed by atoms with van der Waals surface area (Å²) in [6.45, 7) is 2.28. The Bertz CT molecular complexity index is 985. The monoisotopic (exact) mass is 378 g/mol. The highest BCUT2D eigenvalue weighted by atomic mass is 35.5. The van der Waals surface area contributed by atoms with Gasteiger partial charge in [0.05, 0.1) is 11.4 Å². The second-order valence-electron chi connectivity index (χ2n) is 5.90. The normalized spacial score (nSPS) is 11.9. The van der Waals surface area contributed by atoms with E-state index in [9.17, 15) is 8.42 Å². The number of nitrogens with one attached hydrogen (secondary N) is 1. The van der Waals surface area contributed by atoms with Crippen LogP contribution in [0.2, 0.25) is 5.02 Å². The summed E-state index contributed by atoms with van der Waals surface area (Å²) in [7, 11) is -3.41. The Morgan fingerprint density at radius 3 is 2.88 bits per heavy atom. The third-order valence-electron chi connectivity index (χ3n) is 3.76. The Hall–Kier alpha value is -1.96. The smallest absolute Gasteiger partial charge is 0.215 e. The van der Waals surface area contributed by atoms with Crippen LogP contribution in [-0.2, 0) is 22.2 Å². The predicted octanol–water partition coefficient (Wildman–Crippen LogP) is 2.74. The van der Waals surface area contributed by atoms with Crippen molar-refractivity contribution in [2.75, 3.05) is 6.54 Å². The molecule has 132 valence electrons. The van der Waals surface area contributed by atoms with Gasteiger partial charge >= 0.3 is 0 Å². The SMILES string of the molecule is Cc1cc2ncc(CCCNS(=O)(=O)Cc3ccccc3Cl)cn2n1. The highest BCUT2D eigenvalue weighted by Crippen LogP contribution is 2.17. The van der Waals surface area contributed by atoms with E-state index in [2.05, 4.69) is 14.8 Å². The average Bonchev–Trinajstić information content (AvgIpc) is 2.93. The Kier molecular flexibility index (Phi) is 5.36. The molecule has 8 heteroatoms. The second-order valence-corrected chi connectivity index (χ2v) is 8.11. The van der Waals surface area contributed by atoms with Crippen molar-refractivity contribution >= 4 is 27.3 Å². The molecule has 2 heterocycles. The molecule has 6 nitrogen and oxygen atoms in total. The number of nitrogens with zero attached hydrogens (tertiary/aromatic N) is 3. The molecular formula is C17H19ClN4O2S. The summed E-state index contributed by atoms with van der Waals surface area (Å²) in [5.74, 6) is -0.118. The molecule has 0 atom stereocenters. The van der Waals surface area contributed by atoms with Crippen LogP contribution in [0.3, 0.4) is 0 Å². The van der Waals surface area contributed by atoms with Crippen LogP contribution in [0.4, 0.5) is 0 Å². The molecule has 25 heavy (non-hydrogen) atoms. The minimum atomic E-state index is -3.41. The first-order valence-corrected chi connectivity index (χ1v) is 9.98. The number of benzene rings is 1. The number of hydrogen-bond donors (Lipinski definition) is 1. The maximum absolute atomic E-state index is 12.1. The second kappa shape index (κ2) is 7.51. The Labute approximate surface area is 151 Å². The van der Waals surface area contributed by atoms with Crippen molar-refractivity contribution in [3.63, 3.8) is 0 Å². The van der Waals surface area contributed by atoms with Crippen LogP contribution in [0, 0.1) is 6.92 Å². The van der Waals surface area contributed by atoms with Crippen molar-refractivity contribution in [3.8, 4) is 0 Å². The summed E-state index contributed by atoms with van der Waals surface area (Å²) in [5.41, 5.74) is 3.33. The zero-order chi connectivity index (χ0) is 17.9. The topological polar surface area (TPSA) is 76.4 Å². The van der Waals surface area contributed by atoms with Gasteiger partial charge in [-0.25, -0.2) is 22.6 Å². The summed E-state index contributed by atoms with van der Waals surface area (Å²) < 4.78 is 28.6. The van der Waals surface area contributed by atoms with Gasteiger partial charge in [0, 0.05) is 30.0 Å². The van der Waals surface area contributed by atoms with Gasteiger partial charge in [-0.2, -0.15) is 5.10 Å². The Balaban J connectivity index is 1.52. The fourth-order valence-electron chi connectivity index (χ4n) is 2.55. The molecule has 0 fully saturated rings. The fraction of sp³-hybridized carbons (Fsp3) is 0.294. The number of hydrogen-bond acceptors (Lipinski definition) is 4. The molecule has 3 rings (SSSR count). The predicted molar refractivity (Wildman–Crippen MR) is 98.1 cm³/mol. The molecule has 3 aromatic rings. The number of halogens is 1. The minimum Gasteiger partial charge on any atom is -0.237 e. The quantitative estimate of drug-likeness (QED) is 0.641. The molecule has 0 saturated heterocycles. The van der Waals surface area contributed by atoms with E-state index in [0.717, 1.165) is 23.3 Å². The summed E-state index contributed by atoms with van der Waals surface area (Å²) in [5, 5.41) is 4.79. The third kappa shape index (κ3) is 4.78. The van der Waals surface area contributed by atoms with Gasteiger partial charge < -0.3 is 0 Å². The van der Waals surface area contributed by atoms with E-state index in [1.165, 1.54) is 0 Å². The van der Waals surface area contributed by atoms with E-state index in [4.69, 9.17) is 11.6 Å². The molecule has 0 bridgehead atoms. The van der Waals surface area contributed by atoms with Crippen LogP contribution in [0.25, 0.3) is 5.65 Å². The van der Waals surface area contributed by atoms with E-state index < -0.39 is 10.0 Å². The molecule has 0 amide bonds. The van der Waals surface area contributed by atoms with E-state index in [1.54, 1.807) is 35.0 Å². The average molecular weight is 379 g/mol. The molecule has 0 unspecified atom stereocenters. The van der Waals surface area contributed by atoms with E-state index in [1.807, 2.05) is 19.2 Å². The molecule has 2 aromatic heterocycles. The number of aromatic nitrogens is 3. The highest BCUT2D eigenvalue weighted by Gasteiger charge is 2.13. The van der Waals surface area contributed by atoms with Gasteiger partial charge in [0.1, 0.15) is 0 Å². The minimum absolute atomic E-state index is 0.118. The highest BCUT2D eigenvalue weighted by molar-refractivity contribution is 7.88. The summed E-state index contributed by atoms with van der Waals surface area (Å²) >= 11 is 6.01. The summed E-state index contributed by atoms with van der Waals surface area (Å²) in [6, 6.07) is 8.86. The third-order valence-corrected chi connectivity index (χ3v) is 5.46. The van der Waals surface area contributed by atoms with Gasteiger partial charge in [-0.1, -0.05) is 29.8 Å². The zero-order valence-corrected chi connectivity index (χ0v) is 15.4. The van der Waals surface area contributed by atoms with Crippen molar-refractivity contribution in [2.24, 2.45) is 0 Å². The van der Waals surface area contributed by atoms with Gasteiger partial charge in [-0.15, -0.1) is 0 Å². The van der Waals surface area contributed by atoms with Crippen LogP contribution in [-0.4, -0.2) is 29.6 Å². The van der Waals surface area contributed by atoms with Crippen molar-refractivity contribution in [2.45, 2.75) is 25.5 Å². The first-order valence-electron chi connectivity index (χ1n) is 7.95. The maximum Gasteiger partial charge on any atom is 0.215 e. The van der Waals surface area contributed by atoms with Crippen molar-refractivity contribution in [1.82, 2.24) is 19.3 Å². The number of aryl methyl sites for hydroxylation is 2. The van der Waals surface area contributed by atoms with Crippen LogP contribution in [0.1, 0.15) is 23.2 Å². The first kappa shape index (κ1) is 17.8. The van der Waals surface area contributed by atoms with Gasteiger partial charge in [-0.05, 0) is 37.0 Å². The Morgan fingerprint density at radius 1 is 1.28 bits per heavy atom. The molecule has 0 radical (unpaired) electrons. The van der Waals surface area contributed by atoms with Crippen molar-refractivity contribution in [1.29, 1.82) is 0 Å². The van der Waals surface area contributed by atoms with Crippen LogP contribution >= 0.6 is 11.6 Å². The van der Waals surface area contributed by atoms with Crippen LogP contribution < -0.4 is 4.72 Å². The molecular weight excluding hydrogens is 360 g/mol. The lowest BCUT2D eigenvalue weighted by molar-refractivity contribution is 0.578. The lowest BCUT2D eigenvalue weighted by atomic mass is 10.2. The maximum atomic E-state index is 12.1. The van der Waals surface area contributed by atoms with E-state index in [0.29, 0.717) is 23.6 Å². The van der Waals surface area contributed by atoms with Gasteiger partial charge in [0.25, 0.3) is 0 Å². The molecule has 1 N–H and O–H groups in total. The number of fused-ring (bicyclic) bond motifs is 1. The van der Waals surface area contributed by atoms with Crippen molar-refractivity contribution < 1.29 is 8.42 Å². The molecule has 0 aliphatic carbocycles. The van der Waals surface area contributed by atoms with Crippen molar-refractivity contribution in [3.05, 3.63) is 64.6 Å². The largest absolute Gasteiger partial charge is 0.237 e. The summed E-state index contributed by atoms with van der Waals surface area (Å²) in [4.78, 5) is 4.34. The number of rotatable bonds is 7. The molecule has 0 aliphatic rings. The van der Waals surface area contributed by atoms with Gasteiger partial charge in [0.15, 0.2) is 5.65 Å². The zero-order valence-electron chi connectivity index (χ0n) is 13.8. The molecule has 0 spiro atoms. The Morgan fingerprint density at radius 2 is 2.08 bits per heavy atom. The van der Waals surface area contributed by atoms with Gasteiger partial charge in [-0.3, -0.25) is 0 Å². The lowest BCUT2D eigenvalue weighted by Crippen LogP contribution is -2.26. The molecule has 0 aliphatic heterocycles. The first-order chi connectivity index (χ1) is 11.9. The standard InChI is InChI=1S/C17H19ClN4O2S/c1-13-9-17-19-10-14(11-22(17)21-13)5-4-8-20-25(23,24)12-15-6-2-3-7-16(15)18/h2-3,6-7,9-11,20H,4-5,8,12H2,1H3. The molecule has 0 saturated carbocycles. The van der Waals surface area contributed by atoms with Gasteiger partial charge in [0.2, 0.25) is 10.0 Å². The number of sulfonamides is 1. The van der Waals surface area contributed by atoms with E-state index in [-0.39, 0.29) is 5.75 Å². The summed E-state index contributed by atoms with van der Waals surface area (Å²) in [6.07, 6.45) is 5.12. The molecule has 1 aromatic carbocycles. The fourth-order valence-corrected chi connectivity index (χ4v) is 4.05.